The van der Waals surface area contributed by atoms with E-state index in [1.54, 1.807) is 0 Å². The third-order valence-electron chi connectivity index (χ3n) is 3.19. The number of carboxylic acids is 1. The van der Waals surface area contributed by atoms with Crippen molar-refractivity contribution in [2.45, 2.75) is 19.9 Å². The topological polar surface area (TPSA) is 52.6 Å². The molecular weight excluding hydrogens is 266 g/mol. The minimum atomic E-state index is -1.12. The van der Waals surface area contributed by atoms with Crippen LogP contribution in [0.1, 0.15) is 25.5 Å². The van der Waals surface area contributed by atoms with Crippen LogP contribution in [-0.4, -0.2) is 42.2 Å². The Labute approximate surface area is 117 Å². The standard InChI is InChI=1S/C14H20F2N2O2/c1-3-18(4-2)8-7-17-13(14(19)20)10-5-6-11(15)12(16)9-10/h5-6,9,13,17H,3-4,7-8H2,1-2H3,(H,19,20). The van der Waals surface area contributed by atoms with Crippen LogP contribution in [-0.2, 0) is 4.79 Å². The molecule has 112 valence electrons. The number of likely N-dealkylation sites (N-methyl/N-ethyl adjacent to an activating group) is 1. The Morgan fingerprint density at radius 3 is 2.45 bits per heavy atom. The van der Waals surface area contributed by atoms with Crippen molar-refractivity contribution in [3.05, 3.63) is 35.4 Å². The van der Waals surface area contributed by atoms with E-state index in [1.165, 1.54) is 6.07 Å². The quantitative estimate of drug-likeness (QED) is 0.767. The molecule has 0 bridgehead atoms. The van der Waals surface area contributed by atoms with Crippen LogP contribution in [0.5, 0.6) is 0 Å². The lowest BCUT2D eigenvalue weighted by Crippen LogP contribution is -2.36. The van der Waals surface area contributed by atoms with Gasteiger partial charge in [0, 0.05) is 13.1 Å². The van der Waals surface area contributed by atoms with Gasteiger partial charge < -0.3 is 10.0 Å². The van der Waals surface area contributed by atoms with Gasteiger partial charge in [0.1, 0.15) is 6.04 Å². The first-order valence-electron chi connectivity index (χ1n) is 6.63. The Balaban J connectivity index is 2.69. The van der Waals surface area contributed by atoms with Gasteiger partial charge in [-0.05, 0) is 30.8 Å². The lowest BCUT2D eigenvalue weighted by atomic mass is 10.1. The van der Waals surface area contributed by atoms with Crippen molar-refractivity contribution in [3.63, 3.8) is 0 Å². The molecule has 1 aromatic carbocycles. The molecule has 0 spiro atoms. The van der Waals surface area contributed by atoms with Crippen molar-refractivity contribution in [3.8, 4) is 0 Å². The highest BCUT2D eigenvalue weighted by Crippen LogP contribution is 2.16. The van der Waals surface area contributed by atoms with E-state index in [0.29, 0.717) is 13.1 Å². The van der Waals surface area contributed by atoms with E-state index in [9.17, 15) is 18.7 Å². The largest absolute Gasteiger partial charge is 0.480 e. The Hall–Kier alpha value is -1.53. The summed E-state index contributed by atoms with van der Waals surface area (Å²) >= 11 is 0. The molecule has 1 aromatic rings. The first kappa shape index (κ1) is 16.5. The molecule has 2 N–H and O–H groups in total. The molecule has 0 radical (unpaired) electrons. The molecule has 4 nitrogen and oxygen atoms in total. The first-order valence-corrected chi connectivity index (χ1v) is 6.63. The molecule has 0 heterocycles. The van der Waals surface area contributed by atoms with Crippen molar-refractivity contribution >= 4 is 5.97 Å². The minimum absolute atomic E-state index is 0.205. The Bertz CT molecular complexity index is 451. The number of aliphatic carboxylic acids is 1. The van der Waals surface area contributed by atoms with Crippen molar-refractivity contribution in [2.24, 2.45) is 0 Å². The van der Waals surface area contributed by atoms with Crippen LogP contribution in [0.3, 0.4) is 0 Å². The number of halogens is 2. The first-order chi connectivity index (χ1) is 9.49. The summed E-state index contributed by atoms with van der Waals surface area (Å²) in [5, 5.41) is 12.0. The van der Waals surface area contributed by atoms with E-state index in [-0.39, 0.29) is 5.56 Å². The van der Waals surface area contributed by atoms with E-state index in [4.69, 9.17) is 0 Å². The second-order valence-electron chi connectivity index (χ2n) is 4.43. The molecule has 0 amide bonds. The summed E-state index contributed by atoms with van der Waals surface area (Å²) in [5.74, 6) is -3.14. The van der Waals surface area contributed by atoms with Gasteiger partial charge in [0.15, 0.2) is 11.6 Å². The molecule has 0 fully saturated rings. The summed E-state index contributed by atoms with van der Waals surface area (Å²) < 4.78 is 26.0. The van der Waals surface area contributed by atoms with Crippen LogP contribution < -0.4 is 5.32 Å². The zero-order chi connectivity index (χ0) is 15.1. The second kappa shape index (κ2) is 7.91. The van der Waals surface area contributed by atoms with E-state index in [2.05, 4.69) is 10.2 Å². The molecular formula is C14H20F2N2O2. The smallest absolute Gasteiger partial charge is 0.325 e. The number of nitrogens with zero attached hydrogens (tertiary/aromatic N) is 1. The number of carbonyl (C=O) groups is 1. The number of benzene rings is 1. The number of hydrogen-bond donors (Lipinski definition) is 2. The van der Waals surface area contributed by atoms with Gasteiger partial charge in [-0.2, -0.15) is 0 Å². The molecule has 20 heavy (non-hydrogen) atoms. The second-order valence-corrected chi connectivity index (χ2v) is 4.43. The molecule has 1 atom stereocenters. The molecule has 6 heteroatoms. The SMILES string of the molecule is CCN(CC)CCNC(C(=O)O)c1ccc(F)c(F)c1. The zero-order valence-corrected chi connectivity index (χ0v) is 11.7. The maximum Gasteiger partial charge on any atom is 0.325 e. The average Bonchev–Trinajstić information content (AvgIpc) is 2.42. The third kappa shape index (κ3) is 4.54. The number of nitrogens with one attached hydrogen (secondary N) is 1. The van der Waals surface area contributed by atoms with Gasteiger partial charge in [-0.25, -0.2) is 8.78 Å². The van der Waals surface area contributed by atoms with E-state index in [0.717, 1.165) is 25.2 Å². The fourth-order valence-electron chi connectivity index (χ4n) is 1.95. The molecule has 1 rings (SSSR count). The summed E-state index contributed by atoms with van der Waals surface area (Å²) in [6.07, 6.45) is 0. The summed E-state index contributed by atoms with van der Waals surface area (Å²) in [5.41, 5.74) is 0.205. The Morgan fingerprint density at radius 1 is 1.30 bits per heavy atom. The highest BCUT2D eigenvalue weighted by atomic mass is 19.2. The molecule has 0 aromatic heterocycles. The molecule has 0 aliphatic heterocycles. The van der Waals surface area contributed by atoms with E-state index < -0.39 is 23.6 Å². The predicted octanol–water partition coefficient (Wildman–Crippen LogP) is 2.02. The van der Waals surface area contributed by atoms with Crippen LogP contribution in [0.15, 0.2) is 18.2 Å². The third-order valence-corrected chi connectivity index (χ3v) is 3.19. The van der Waals surface area contributed by atoms with Crippen LogP contribution in [0.4, 0.5) is 8.78 Å². The van der Waals surface area contributed by atoms with E-state index >= 15 is 0 Å². The number of rotatable bonds is 8. The average molecular weight is 286 g/mol. The monoisotopic (exact) mass is 286 g/mol. The Morgan fingerprint density at radius 2 is 1.95 bits per heavy atom. The van der Waals surface area contributed by atoms with Crippen molar-refractivity contribution in [2.75, 3.05) is 26.2 Å². The maximum atomic E-state index is 13.2. The van der Waals surface area contributed by atoms with Crippen molar-refractivity contribution in [1.82, 2.24) is 10.2 Å². The van der Waals surface area contributed by atoms with Gasteiger partial charge >= 0.3 is 5.97 Å². The fraction of sp³-hybridized carbons (Fsp3) is 0.500. The van der Waals surface area contributed by atoms with Gasteiger partial charge in [0.2, 0.25) is 0 Å². The van der Waals surface area contributed by atoms with Gasteiger partial charge in [0.05, 0.1) is 0 Å². The molecule has 0 aliphatic rings. The maximum absolute atomic E-state index is 13.2. The Kier molecular flexibility index (Phi) is 6.54. The molecule has 0 aliphatic carbocycles. The highest BCUT2D eigenvalue weighted by Gasteiger charge is 2.20. The van der Waals surface area contributed by atoms with Gasteiger partial charge in [-0.3, -0.25) is 10.1 Å². The molecule has 0 saturated heterocycles. The predicted molar refractivity (Wildman–Crippen MR) is 72.5 cm³/mol. The molecule has 1 unspecified atom stereocenters. The highest BCUT2D eigenvalue weighted by molar-refractivity contribution is 5.75. The minimum Gasteiger partial charge on any atom is -0.480 e. The summed E-state index contributed by atoms with van der Waals surface area (Å²) in [6, 6.07) is 2.09. The van der Waals surface area contributed by atoms with Crippen LogP contribution in [0, 0.1) is 11.6 Å². The summed E-state index contributed by atoms with van der Waals surface area (Å²) in [6.45, 7) is 6.95. The van der Waals surface area contributed by atoms with Crippen LogP contribution in [0.25, 0.3) is 0 Å². The zero-order valence-electron chi connectivity index (χ0n) is 11.7. The lowest BCUT2D eigenvalue weighted by molar-refractivity contribution is -0.139. The van der Waals surface area contributed by atoms with Gasteiger partial charge in [-0.1, -0.05) is 19.9 Å². The lowest BCUT2D eigenvalue weighted by Gasteiger charge is -2.20. The van der Waals surface area contributed by atoms with Crippen LogP contribution >= 0.6 is 0 Å². The van der Waals surface area contributed by atoms with Gasteiger partial charge in [-0.15, -0.1) is 0 Å². The number of hydrogen-bond acceptors (Lipinski definition) is 3. The van der Waals surface area contributed by atoms with E-state index in [1.807, 2.05) is 13.8 Å². The fourth-order valence-corrected chi connectivity index (χ4v) is 1.95. The summed E-state index contributed by atoms with van der Waals surface area (Å²) in [4.78, 5) is 13.4. The van der Waals surface area contributed by atoms with Crippen molar-refractivity contribution in [1.29, 1.82) is 0 Å². The summed E-state index contributed by atoms with van der Waals surface area (Å²) in [7, 11) is 0. The number of carboxylic acid groups (broad SMARTS) is 1. The normalized spacial score (nSPS) is 12.7. The van der Waals surface area contributed by atoms with Crippen LogP contribution in [0.2, 0.25) is 0 Å². The molecule has 0 saturated carbocycles. The van der Waals surface area contributed by atoms with Gasteiger partial charge in [0.25, 0.3) is 0 Å². The van der Waals surface area contributed by atoms with Crippen molar-refractivity contribution < 1.29 is 18.7 Å².